The molecule has 3 N–H and O–H groups in total. The third-order valence-electron chi connectivity index (χ3n) is 3.10. The molecular formula is C17H15FO4. The van der Waals surface area contributed by atoms with Crippen LogP contribution in [0.15, 0.2) is 37.4 Å². The fourth-order valence-electron chi connectivity index (χ4n) is 1.91. The Labute approximate surface area is 127 Å². The van der Waals surface area contributed by atoms with E-state index >= 15 is 0 Å². The zero-order chi connectivity index (χ0) is 16.3. The lowest BCUT2D eigenvalue weighted by atomic mass is 10.1. The molecule has 0 unspecified atom stereocenters. The van der Waals surface area contributed by atoms with E-state index < -0.39 is 11.6 Å². The summed E-state index contributed by atoms with van der Waals surface area (Å²) < 4.78 is 18.9. The zero-order valence-electron chi connectivity index (χ0n) is 11.7. The normalized spacial score (nSPS) is 10.2. The van der Waals surface area contributed by atoms with Crippen molar-refractivity contribution < 1.29 is 24.4 Å². The highest BCUT2D eigenvalue weighted by molar-refractivity contribution is 5.58. The monoisotopic (exact) mass is 302 g/mol. The Hall–Kier alpha value is -2.95. The van der Waals surface area contributed by atoms with Crippen LogP contribution < -0.4 is 4.74 Å². The lowest BCUT2D eigenvalue weighted by Gasteiger charge is -2.12. The van der Waals surface area contributed by atoms with Crippen molar-refractivity contribution in [3.05, 3.63) is 59.9 Å². The molecule has 114 valence electrons. The Bertz CT molecular complexity index is 674. The second-order valence-corrected chi connectivity index (χ2v) is 4.59. The maximum absolute atomic E-state index is 13.5. The molecule has 0 bridgehead atoms. The zero-order valence-corrected chi connectivity index (χ0v) is 11.7. The number of hydrogen-bond acceptors (Lipinski definition) is 4. The van der Waals surface area contributed by atoms with E-state index in [4.69, 9.17) is 4.74 Å². The first-order chi connectivity index (χ1) is 10.5. The second-order valence-electron chi connectivity index (χ2n) is 4.59. The average molecular weight is 302 g/mol. The Kier molecular flexibility index (Phi) is 4.36. The van der Waals surface area contributed by atoms with E-state index in [0.29, 0.717) is 11.1 Å². The quantitative estimate of drug-likeness (QED) is 0.735. The van der Waals surface area contributed by atoms with Gasteiger partial charge < -0.3 is 20.1 Å². The molecule has 0 amide bonds. The minimum Gasteiger partial charge on any atom is -0.504 e. The molecular weight excluding hydrogens is 287 g/mol. The van der Waals surface area contributed by atoms with Crippen LogP contribution in [0, 0.1) is 5.82 Å². The first-order valence-electron chi connectivity index (χ1n) is 6.41. The van der Waals surface area contributed by atoms with Gasteiger partial charge in [0.25, 0.3) is 0 Å². The molecule has 0 heterocycles. The molecule has 2 aromatic rings. The Morgan fingerprint density at radius 1 is 0.955 bits per heavy atom. The number of hydrogen-bond donors (Lipinski definition) is 3. The third-order valence-corrected chi connectivity index (χ3v) is 3.10. The van der Waals surface area contributed by atoms with E-state index in [1.165, 1.54) is 24.3 Å². The number of phenols is 3. The number of halogens is 1. The predicted molar refractivity (Wildman–Crippen MR) is 82.4 cm³/mol. The Morgan fingerprint density at radius 3 is 2.23 bits per heavy atom. The van der Waals surface area contributed by atoms with E-state index in [-0.39, 0.29) is 29.4 Å². The van der Waals surface area contributed by atoms with Crippen LogP contribution in [0.1, 0.15) is 16.7 Å². The number of rotatable bonds is 5. The molecule has 0 radical (unpaired) electrons. The number of benzene rings is 2. The molecule has 0 aliphatic rings. The molecule has 0 saturated heterocycles. The van der Waals surface area contributed by atoms with E-state index in [0.717, 1.165) is 6.07 Å². The number of aromatic hydroxyl groups is 3. The summed E-state index contributed by atoms with van der Waals surface area (Å²) in [6, 6.07) is 5.45. The molecule has 2 rings (SSSR count). The molecule has 0 aromatic heterocycles. The van der Waals surface area contributed by atoms with Crippen molar-refractivity contribution in [2.24, 2.45) is 0 Å². The van der Waals surface area contributed by atoms with Crippen molar-refractivity contribution in [1.82, 2.24) is 0 Å². The molecule has 0 aliphatic heterocycles. The maximum Gasteiger partial charge on any atom is 0.194 e. The first kappa shape index (κ1) is 15.4. The minimum absolute atomic E-state index is 0.0854. The van der Waals surface area contributed by atoms with Crippen LogP contribution in [-0.2, 0) is 6.61 Å². The lowest BCUT2D eigenvalue weighted by molar-refractivity contribution is 0.276. The van der Waals surface area contributed by atoms with Crippen LogP contribution in [0.5, 0.6) is 23.0 Å². The molecule has 0 aliphatic carbocycles. The summed E-state index contributed by atoms with van der Waals surface area (Å²) in [7, 11) is 0. The van der Waals surface area contributed by atoms with Crippen molar-refractivity contribution in [1.29, 1.82) is 0 Å². The minimum atomic E-state index is -0.834. The molecule has 0 fully saturated rings. The summed E-state index contributed by atoms with van der Waals surface area (Å²) in [4.78, 5) is 0. The van der Waals surface area contributed by atoms with Gasteiger partial charge >= 0.3 is 0 Å². The van der Waals surface area contributed by atoms with Crippen LogP contribution in [0.25, 0.3) is 12.2 Å². The van der Waals surface area contributed by atoms with Crippen molar-refractivity contribution in [2.45, 2.75) is 6.61 Å². The van der Waals surface area contributed by atoms with Crippen LogP contribution in [0.2, 0.25) is 0 Å². The Morgan fingerprint density at radius 2 is 1.59 bits per heavy atom. The van der Waals surface area contributed by atoms with Crippen molar-refractivity contribution in [2.75, 3.05) is 0 Å². The van der Waals surface area contributed by atoms with Crippen molar-refractivity contribution in [3.8, 4) is 23.0 Å². The molecule has 4 nitrogen and oxygen atoms in total. The van der Waals surface area contributed by atoms with Crippen LogP contribution in [0.4, 0.5) is 4.39 Å². The highest BCUT2D eigenvalue weighted by Crippen LogP contribution is 2.34. The van der Waals surface area contributed by atoms with Crippen LogP contribution in [-0.4, -0.2) is 15.3 Å². The van der Waals surface area contributed by atoms with Gasteiger partial charge in [0.05, 0.1) is 0 Å². The summed E-state index contributed by atoms with van der Waals surface area (Å²) in [5, 5.41) is 29.1. The van der Waals surface area contributed by atoms with Gasteiger partial charge in [-0.3, -0.25) is 0 Å². The van der Waals surface area contributed by atoms with E-state index in [1.54, 1.807) is 6.07 Å². The average Bonchev–Trinajstić information content (AvgIpc) is 2.51. The van der Waals surface area contributed by atoms with E-state index in [1.807, 2.05) is 0 Å². The molecule has 0 spiro atoms. The van der Waals surface area contributed by atoms with Crippen molar-refractivity contribution in [3.63, 3.8) is 0 Å². The number of ether oxygens (including phenoxy) is 1. The van der Waals surface area contributed by atoms with E-state index in [2.05, 4.69) is 13.2 Å². The summed E-state index contributed by atoms with van der Waals surface area (Å²) in [5.74, 6) is -2.21. The summed E-state index contributed by atoms with van der Waals surface area (Å²) in [5.41, 5.74) is 1.31. The summed E-state index contributed by atoms with van der Waals surface area (Å²) in [6.45, 7) is 6.92. The van der Waals surface area contributed by atoms with Crippen LogP contribution >= 0.6 is 0 Å². The smallest absolute Gasteiger partial charge is 0.194 e. The van der Waals surface area contributed by atoms with Crippen LogP contribution in [0.3, 0.4) is 0 Å². The van der Waals surface area contributed by atoms with Crippen molar-refractivity contribution >= 4 is 12.2 Å². The predicted octanol–water partition coefficient (Wildman–Crippen LogP) is 3.81. The van der Waals surface area contributed by atoms with Gasteiger partial charge in [-0.1, -0.05) is 25.3 Å². The summed E-state index contributed by atoms with van der Waals surface area (Å²) >= 11 is 0. The second kappa shape index (κ2) is 6.22. The first-order valence-corrected chi connectivity index (χ1v) is 6.41. The molecule has 0 saturated carbocycles. The topological polar surface area (TPSA) is 69.9 Å². The molecule has 2 aromatic carbocycles. The lowest BCUT2D eigenvalue weighted by Crippen LogP contribution is -1.98. The van der Waals surface area contributed by atoms with Gasteiger partial charge in [-0.25, -0.2) is 4.39 Å². The fourth-order valence-corrected chi connectivity index (χ4v) is 1.91. The summed E-state index contributed by atoms with van der Waals surface area (Å²) in [6.07, 6.45) is 2.91. The van der Waals surface area contributed by atoms with Gasteiger partial charge in [0.1, 0.15) is 6.61 Å². The fraction of sp³-hybridized carbons (Fsp3) is 0.0588. The van der Waals surface area contributed by atoms with Gasteiger partial charge in [0, 0.05) is 5.56 Å². The molecule has 5 heteroatoms. The Balaban J connectivity index is 2.31. The molecule has 0 atom stereocenters. The number of phenolic OH excluding ortho intramolecular Hbond substituents is 3. The maximum atomic E-state index is 13.5. The van der Waals surface area contributed by atoms with Gasteiger partial charge in [0.2, 0.25) is 0 Å². The van der Waals surface area contributed by atoms with Gasteiger partial charge in [0.15, 0.2) is 28.8 Å². The highest BCUT2D eigenvalue weighted by atomic mass is 19.1. The largest absolute Gasteiger partial charge is 0.504 e. The van der Waals surface area contributed by atoms with Gasteiger partial charge in [-0.2, -0.15) is 0 Å². The van der Waals surface area contributed by atoms with E-state index in [9.17, 15) is 19.7 Å². The van der Waals surface area contributed by atoms with Gasteiger partial charge in [-0.05, 0) is 35.4 Å². The highest BCUT2D eigenvalue weighted by Gasteiger charge is 2.13. The van der Waals surface area contributed by atoms with Gasteiger partial charge in [-0.15, -0.1) is 0 Å². The molecule has 22 heavy (non-hydrogen) atoms. The standard InChI is InChI=1S/C17H15FO4/c1-3-10-5-12(16(20)14(19)7-10)9-22-15-8-11(4-2)6-13(18)17(15)21/h3-8,19-21H,1-2,9H2. The SMILES string of the molecule is C=Cc1cc(O)c(O)c(COc2cc(C=C)cc(F)c2O)c1. The third kappa shape index (κ3) is 3.03.